The largest absolute Gasteiger partial charge is 0.492 e. The second-order valence-corrected chi connectivity index (χ2v) is 8.20. The van der Waals surface area contributed by atoms with E-state index in [0.29, 0.717) is 11.5 Å². The molecule has 1 N–H and O–H groups in total. The van der Waals surface area contributed by atoms with Gasteiger partial charge in [-0.2, -0.15) is 0 Å². The Labute approximate surface area is 194 Å². The molecular formula is C29H28N2O2. The molecule has 1 aliphatic rings. The SMILES string of the molecule is CCc1ccc(-c2cnc3c(OC)c(OC)c(-c4ccc(CC)cc4)c4c3c2NC=C4)cc1. The van der Waals surface area contributed by atoms with Crippen LogP contribution in [0.25, 0.3) is 39.2 Å². The third-order valence-electron chi connectivity index (χ3n) is 6.48. The van der Waals surface area contributed by atoms with Gasteiger partial charge in [0.2, 0.25) is 0 Å². The van der Waals surface area contributed by atoms with Crippen LogP contribution in [0.3, 0.4) is 0 Å². The van der Waals surface area contributed by atoms with Gasteiger partial charge in [0.05, 0.1) is 19.9 Å². The lowest BCUT2D eigenvalue weighted by Crippen LogP contribution is -2.05. The predicted octanol–water partition coefficient (Wildman–Crippen LogP) is 7.11. The van der Waals surface area contributed by atoms with Crippen molar-refractivity contribution in [3.63, 3.8) is 0 Å². The van der Waals surface area contributed by atoms with Crippen molar-refractivity contribution in [1.29, 1.82) is 0 Å². The van der Waals surface area contributed by atoms with Crippen molar-refractivity contribution >= 4 is 22.7 Å². The summed E-state index contributed by atoms with van der Waals surface area (Å²) >= 11 is 0. The first kappa shape index (κ1) is 21.1. The van der Waals surface area contributed by atoms with E-state index in [2.05, 4.69) is 73.8 Å². The molecule has 0 saturated carbocycles. The summed E-state index contributed by atoms with van der Waals surface area (Å²) in [5.74, 6) is 1.35. The molecule has 3 aromatic carbocycles. The van der Waals surface area contributed by atoms with E-state index >= 15 is 0 Å². The molecule has 33 heavy (non-hydrogen) atoms. The van der Waals surface area contributed by atoms with Crippen molar-refractivity contribution in [3.05, 3.63) is 77.6 Å². The van der Waals surface area contributed by atoms with Crippen molar-refractivity contribution in [2.75, 3.05) is 19.5 Å². The normalized spacial score (nSPS) is 12.0. The van der Waals surface area contributed by atoms with Gasteiger partial charge < -0.3 is 14.8 Å². The minimum atomic E-state index is 0.650. The van der Waals surface area contributed by atoms with E-state index in [4.69, 9.17) is 14.5 Å². The first-order valence-corrected chi connectivity index (χ1v) is 11.4. The average molecular weight is 437 g/mol. The topological polar surface area (TPSA) is 43.4 Å². The summed E-state index contributed by atoms with van der Waals surface area (Å²) in [5.41, 5.74) is 9.84. The number of benzene rings is 3. The van der Waals surface area contributed by atoms with Gasteiger partial charge in [-0.25, -0.2) is 0 Å². The minimum absolute atomic E-state index is 0.650. The number of methoxy groups -OCH3 is 2. The van der Waals surface area contributed by atoms with Gasteiger partial charge in [-0.3, -0.25) is 4.98 Å². The zero-order chi connectivity index (χ0) is 22.9. The van der Waals surface area contributed by atoms with Crippen molar-refractivity contribution in [3.8, 4) is 33.8 Å². The molecule has 0 unspecified atom stereocenters. The number of hydrogen-bond acceptors (Lipinski definition) is 4. The van der Waals surface area contributed by atoms with Crippen molar-refractivity contribution in [2.24, 2.45) is 0 Å². The van der Waals surface area contributed by atoms with Crippen LogP contribution in [0, 0.1) is 0 Å². The lowest BCUT2D eigenvalue weighted by molar-refractivity contribution is 0.359. The number of rotatable bonds is 6. The monoisotopic (exact) mass is 436 g/mol. The Hall–Kier alpha value is -3.79. The van der Waals surface area contributed by atoms with E-state index in [-0.39, 0.29) is 0 Å². The molecule has 0 radical (unpaired) electrons. The fourth-order valence-electron chi connectivity index (χ4n) is 4.66. The number of aryl methyl sites for hydroxylation is 2. The van der Waals surface area contributed by atoms with E-state index < -0.39 is 0 Å². The molecule has 2 heterocycles. The summed E-state index contributed by atoms with van der Waals surface area (Å²) in [7, 11) is 3.37. The van der Waals surface area contributed by atoms with E-state index in [0.717, 1.165) is 57.2 Å². The van der Waals surface area contributed by atoms with Crippen LogP contribution in [0.2, 0.25) is 0 Å². The summed E-state index contributed by atoms with van der Waals surface area (Å²) in [4.78, 5) is 4.87. The van der Waals surface area contributed by atoms with Crippen LogP contribution < -0.4 is 14.8 Å². The standard InChI is InChI=1S/C29H28N2O2/c1-5-18-7-11-20(12-8-18)23-17-31-27-25-22(15-16-30-26(23)25)24(28(32-3)29(27)33-4)21-13-9-19(6-2)10-14-21/h7-17,30H,5-6H2,1-4H3. The number of pyridine rings is 1. The summed E-state index contributed by atoms with van der Waals surface area (Å²) < 4.78 is 11.8. The number of anilines is 1. The summed E-state index contributed by atoms with van der Waals surface area (Å²) in [6, 6.07) is 17.4. The lowest BCUT2D eigenvalue weighted by Gasteiger charge is -2.24. The highest BCUT2D eigenvalue weighted by molar-refractivity contribution is 6.13. The third-order valence-corrected chi connectivity index (χ3v) is 6.48. The van der Waals surface area contributed by atoms with Crippen LogP contribution in [-0.2, 0) is 12.8 Å². The number of nitrogens with one attached hydrogen (secondary N) is 1. The van der Waals surface area contributed by atoms with Crippen molar-refractivity contribution in [2.45, 2.75) is 26.7 Å². The minimum Gasteiger partial charge on any atom is -0.492 e. The molecule has 0 spiro atoms. The Balaban J connectivity index is 1.83. The smallest absolute Gasteiger partial charge is 0.187 e. The molecule has 1 aliphatic heterocycles. The lowest BCUT2D eigenvalue weighted by atomic mass is 9.89. The Bertz CT molecular complexity index is 1350. The summed E-state index contributed by atoms with van der Waals surface area (Å²) in [5, 5.41) is 4.53. The molecule has 0 amide bonds. The molecule has 5 rings (SSSR count). The van der Waals surface area contributed by atoms with Gasteiger partial charge in [-0.15, -0.1) is 0 Å². The van der Waals surface area contributed by atoms with Crippen molar-refractivity contribution in [1.82, 2.24) is 4.98 Å². The van der Waals surface area contributed by atoms with E-state index in [1.54, 1.807) is 14.2 Å². The third kappa shape index (κ3) is 3.43. The zero-order valence-electron chi connectivity index (χ0n) is 19.5. The number of hydrogen-bond donors (Lipinski definition) is 1. The van der Waals surface area contributed by atoms with Gasteiger partial charge in [0.25, 0.3) is 0 Å². The summed E-state index contributed by atoms with van der Waals surface area (Å²) in [6.45, 7) is 4.34. The average Bonchev–Trinajstić information content (AvgIpc) is 2.88. The van der Waals surface area contributed by atoms with Gasteiger partial charge in [0.1, 0.15) is 5.52 Å². The van der Waals surface area contributed by atoms with Crippen LogP contribution in [0.5, 0.6) is 11.5 Å². The van der Waals surface area contributed by atoms with Gasteiger partial charge in [0, 0.05) is 28.9 Å². The Morgan fingerprint density at radius 2 is 1.39 bits per heavy atom. The number of aromatic nitrogens is 1. The van der Waals surface area contributed by atoms with Crippen LogP contribution in [-0.4, -0.2) is 19.2 Å². The number of ether oxygens (including phenoxy) is 2. The fourth-order valence-corrected chi connectivity index (χ4v) is 4.66. The number of nitrogens with zero attached hydrogens (tertiary/aromatic N) is 1. The maximum absolute atomic E-state index is 5.91. The maximum atomic E-state index is 5.91. The quantitative estimate of drug-likeness (QED) is 0.350. The predicted molar refractivity (Wildman–Crippen MR) is 137 cm³/mol. The maximum Gasteiger partial charge on any atom is 0.187 e. The Morgan fingerprint density at radius 1 is 0.788 bits per heavy atom. The highest BCUT2D eigenvalue weighted by atomic mass is 16.5. The van der Waals surface area contributed by atoms with Gasteiger partial charge >= 0.3 is 0 Å². The van der Waals surface area contributed by atoms with Crippen molar-refractivity contribution < 1.29 is 9.47 Å². The van der Waals surface area contributed by atoms with Crippen LogP contribution in [0.4, 0.5) is 5.69 Å². The van der Waals surface area contributed by atoms with Gasteiger partial charge in [-0.1, -0.05) is 62.4 Å². The van der Waals surface area contributed by atoms with E-state index in [1.165, 1.54) is 11.1 Å². The van der Waals surface area contributed by atoms with Crippen LogP contribution in [0.1, 0.15) is 30.5 Å². The molecule has 0 saturated heterocycles. The molecule has 4 nitrogen and oxygen atoms in total. The first-order valence-electron chi connectivity index (χ1n) is 11.4. The van der Waals surface area contributed by atoms with Gasteiger partial charge in [0.15, 0.2) is 11.5 Å². The second kappa shape index (κ2) is 8.62. The van der Waals surface area contributed by atoms with E-state index in [9.17, 15) is 0 Å². The highest BCUT2D eigenvalue weighted by Crippen LogP contribution is 2.51. The van der Waals surface area contributed by atoms with Gasteiger partial charge in [-0.05, 0) is 46.7 Å². The second-order valence-electron chi connectivity index (χ2n) is 8.20. The summed E-state index contributed by atoms with van der Waals surface area (Å²) in [6.07, 6.45) is 8.05. The molecule has 166 valence electrons. The van der Waals surface area contributed by atoms with Crippen LogP contribution >= 0.6 is 0 Å². The molecule has 0 aliphatic carbocycles. The molecule has 0 atom stereocenters. The molecule has 4 heteroatoms. The first-order chi connectivity index (χ1) is 16.2. The molecular weight excluding hydrogens is 408 g/mol. The zero-order valence-corrected chi connectivity index (χ0v) is 19.5. The van der Waals surface area contributed by atoms with E-state index in [1.807, 2.05) is 12.4 Å². The Kier molecular flexibility index (Phi) is 5.51. The Morgan fingerprint density at radius 3 is 1.97 bits per heavy atom. The van der Waals surface area contributed by atoms with Crippen LogP contribution in [0.15, 0.2) is 60.9 Å². The highest BCUT2D eigenvalue weighted by Gasteiger charge is 2.26. The molecule has 0 fully saturated rings. The molecule has 1 aromatic heterocycles. The fraction of sp³-hybridized carbons (Fsp3) is 0.207. The molecule has 4 aromatic rings. The molecule has 0 bridgehead atoms.